The molecule has 200 valence electrons. The van der Waals surface area contributed by atoms with Gasteiger partial charge in [0.1, 0.15) is 23.7 Å². The normalized spacial score (nSPS) is 21.7. The van der Waals surface area contributed by atoms with E-state index < -0.39 is 48.7 Å². The van der Waals surface area contributed by atoms with Crippen LogP contribution in [0.4, 0.5) is 19.0 Å². The van der Waals surface area contributed by atoms with Crippen LogP contribution < -0.4 is 10.6 Å². The van der Waals surface area contributed by atoms with Crippen LogP contribution in [-0.2, 0) is 9.53 Å². The number of carbonyl (C=O) groups excluding carboxylic acids is 1. The number of nitrogens with one attached hydrogen (secondary N) is 2. The second kappa shape index (κ2) is 9.62. The van der Waals surface area contributed by atoms with Crippen molar-refractivity contribution in [3.05, 3.63) is 42.6 Å². The molecule has 1 fully saturated rings. The van der Waals surface area contributed by atoms with E-state index in [-0.39, 0.29) is 22.9 Å². The maximum absolute atomic E-state index is 13.6. The van der Waals surface area contributed by atoms with Crippen LogP contribution in [0.1, 0.15) is 13.2 Å². The van der Waals surface area contributed by atoms with Crippen LogP contribution in [0.25, 0.3) is 28.4 Å². The standard InChI is InChI=1S/C22H22F3N9O4/c1-22(24,25)8-27-17-13-18(33(9-28-13)20-15(36)14(35)16(38-20)19(37)26-2)30-21(29-17)34-7-12(31-32-34)10-3-5-11(23)6-4-10/h3-7,9,14-16,20,35-36H,8H2,1-2H3,(H,26,37)(H,27,29,30)/t14-,15+,16-,20+/m0/s1. The Bertz CT molecular complexity index is 1470. The van der Waals surface area contributed by atoms with Crippen molar-refractivity contribution in [3.8, 4) is 17.2 Å². The number of halogens is 3. The van der Waals surface area contributed by atoms with Crippen LogP contribution >= 0.6 is 0 Å². The Kier molecular flexibility index (Phi) is 6.46. The van der Waals surface area contributed by atoms with Crippen molar-refractivity contribution < 1.29 is 32.9 Å². The van der Waals surface area contributed by atoms with Gasteiger partial charge in [0.2, 0.25) is 0 Å². The van der Waals surface area contributed by atoms with E-state index in [0.29, 0.717) is 11.3 Å². The number of likely N-dealkylation sites (N-methyl/N-ethyl adjacent to an activating group) is 1. The average molecular weight is 533 g/mol. The van der Waals surface area contributed by atoms with E-state index in [1.165, 1.54) is 53.1 Å². The molecule has 0 radical (unpaired) electrons. The number of imidazole rings is 1. The minimum Gasteiger partial charge on any atom is -0.387 e. The number of hydrogen-bond acceptors (Lipinski definition) is 10. The number of benzene rings is 1. The van der Waals surface area contributed by atoms with Crippen molar-refractivity contribution >= 4 is 22.9 Å². The Morgan fingerprint density at radius 2 is 1.92 bits per heavy atom. The number of fused-ring (bicyclic) bond motifs is 1. The second-order valence-corrected chi connectivity index (χ2v) is 8.72. The molecule has 0 unspecified atom stereocenters. The third-order valence-corrected chi connectivity index (χ3v) is 5.83. The molecule has 0 aliphatic carbocycles. The maximum Gasteiger partial charge on any atom is 0.262 e. The number of aliphatic hydroxyl groups is 2. The molecule has 1 saturated heterocycles. The highest BCUT2D eigenvalue weighted by Crippen LogP contribution is 2.33. The molecule has 16 heteroatoms. The van der Waals surface area contributed by atoms with Gasteiger partial charge in [0.05, 0.1) is 19.1 Å². The summed E-state index contributed by atoms with van der Waals surface area (Å²) >= 11 is 0. The zero-order chi connectivity index (χ0) is 27.2. The third-order valence-electron chi connectivity index (χ3n) is 5.83. The summed E-state index contributed by atoms with van der Waals surface area (Å²) in [5.41, 5.74) is 1.02. The number of rotatable bonds is 7. The third kappa shape index (κ3) is 4.75. The minimum atomic E-state index is -3.08. The summed E-state index contributed by atoms with van der Waals surface area (Å²) in [6.07, 6.45) is -3.07. The van der Waals surface area contributed by atoms with Gasteiger partial charge >= 0.3 is 0 Å². The Hall–Kier alpha value is -4.15. The van der Waals surface area contributed by atoms with E-state index >= 15 is 0 Å². The van der Waals surface area contributed by atoms with Gasteiger partial charge in [0.25, 0.3) is 17.8 Å². The predicted octanol–water partition coefficient (Wildman–Crippen LogP) is 0.645. The van der Waals surface area contributed by atoms with Crippen LogP contribution in [0, 0.1) is 5.82 Å². The maximum atomic E-state index is 13.6. The molecule has 0 spiro atoms. The number of carbonyl (C=O) groups is 1. The number of anilines is 1. The molecule has 4 N–H and O–H groups in total. The summed E-state index contributed by atoms with van der Waals surface area (Å²) in [5, 5.41) is 33.9. The molecule has 4 atom stereocenters. The quantitative estimate of drug-likeness (QED) is 0.265. The molecule has 0 bridgehead atoms. The first-order valence-electron chi connectivity index (χ1n) is 11.3. The summed E-state index contributed by atoms with van der Waals surface area (Å²) in [7, 11) is 1.35. The Balaban J connectivity index is 1.58. The molecule has 1 aliphatic rings. The minimum absolute atomic E-state index is 0.0320. The Morgan fingerprint density at radius 3 is 2.61 bits per heavy atom. The summed E-state index contributed by atoms with van der Waals surface area (Å²) in [5.74, 6) is -4.33. The van der Waals surface area contributed by atoms with Gasteiger partial charge in [-0.05, 0) is 24.3 Å². The molecule has 13 nitrogen and oxygen atoms in total. The molecular formula is C22H22F3N9O4. The molecule has 5 rings (SSSR count). The van der Waals surface area contributed by atoms with Crippen molar-refractivity contribution in [1.82, 2.24) is 39.8 Å². The van der Waals surface area contributed by atoms with Crippen LogP contribution in [0.15, 0.2) is 36.8 Å². The van der Waals surface area contributed by atoms with E-state index in [2.05, 4.69) is 35.9 Å². The lowest BCUT2D eigenvalue weighted by Crippen LogP contribution is -2.41. The lowest BCUT2D eigenvalue weighted by atomic mass is 10.1. The first-order valence-corrected chi connectivity index (χ1v) is 11.3. The smallest absolute Gasteiger partial charge is 0.262 e. The fraction of sp³-hybridized carbons (Fsp3) is 0.364. The van der Waals surface area contributed by atoms with Crippen molar-refractivity contribution in [3.63, 3.8) is 0 Å². The molecule has 4 heterocycles. The van der Waals surface area contributed by atoms with E-state index in [9.17, 15) is 28.2 Å². The first-order chi connectivity index (χ1) is 18.1. The van der Waals surface area contributed by atoms with Crippen LogP contribution in [0.5, 0.6) is 0 Å². The van der Waals surface area contributed by atoms with E-state index in [4.69, 9.17) is 4.74 Å². The number of nitrogens with zero attached hydrogens (tertiary/aromatic N) is 7. The Morgan fingerprint density at radius 1 is 1.18 bits per heavy atom. The average Bonchev–Trinajstić information content (AvgIpc) is 3.61. The van der Waals surface area contributed by atoms with Gasteiger partial charge in [-0.15, -0.1) is 5.10 Å². The number of aliphatic hydroxyl groups excluding tert-OH is 2. The van der Waals surface area contributed by atoms with Gasteiger partial charge in [0.15, 0.2) is 29.3 Å². The van der Waals surface area contributed by atoms with E-state index in [1.54, 1.807) is 0 Å². The second-order valence-electron chi connectivity index (χ2n) is 8.72. The molecule has 1 aromatic carbocycles. The SMILES string of the molecule is CNC(=O)[C@H]1O[C@@H](n2cnc3c(NCC(C)(F)F)nc(-n4cc(-c5ccc(F)cc5)nn4)nc32)[C@H](O)[C@@H]1O. The number of alkyl halides is 2. The molecule has 38 heavy (non-hydrogen) atoms. The summed E-state index contributed by atoms with van der Waals surface area (Å²) in [4.78, 5) is 25.0. The van der Waals surface area contributed by atoms with Crippen molar-refractivity contribution in [2.45, 2.75) is 37.4 Å². The van der Waals surface area contributed by atoms with Gasteiger partial charge in [0, 0.05) is 19.5 Å². The topological polar surface area (TPSA) is 165 Å². The van der Waals surface area contributed by atoms with Gasteiger partial charge < -0.3 is 25.6 Å². The molecule has 3 aromatic heterocycles. The zero-order valence-corrected chi connectivity index (χ0v) is 20.0. The number of hydrogen-bond donors (Lipinski definition) is 4. The van der Waals surface area contributed by atoms with Crippen LogP contribution in [0.3, 0.4) is 0 Å². The first kappa shape index (κ1) is 25.5. The Labute approximate surface area is 212 Å². The molecule has 1 amide bonds. The van der Waals surface area contributed by atoms with E-state index in [0.717, 1.165) is 6.92 Å². The van der Waals surface area contributed by atoms with E-state index in [1.807, 2.05) is 0 Å². The van der Waals surface area contributed by atoms with Gasteiger partial charge in [-0.25, -0.2) is 18.2 Å². The fourth-order valence-electron chi connectivity index (χ4n) is 3.92. The largest absolute Gasteiger partial charge is 0.387 e. The molecule has 4 aromatic rings. The van der Waals surface area contributed by atoms with Crippen LogP contribution in [-0.4, -0.2) is 88.5 Å². The summed E-state index contributed by atoms with van der Waals surface area (Å²) in [6.45, 7) is -0.0447. The number of amides is 1. The van der Waals surface area contributed by atoms with Crippen molar-refractivity contribution in [2.75, 3.05) is 18.9 Å². The van der Waals surface area contributed by atoms with Crippen molar-refractivity contribution in [2.24, 2.45) is 0 Å². The summed E-state index contributed by atoms with van der Waals surface area (Å²) in [6, 6.07) is 5.53. The highest BCUT2D eigenvalue weighted by atomic mass is 19.3. The van der Waals surface area contributed by atoms with Gasteiger partial charge in [-0.1, -0.05) is 5.21 Å². The summed E-state index contributed by atoms with van der Waals surface area (Å²) < 4.78 is 48.6. The fourth-order valence-corrected chi connectivity index (χ4v) is 3.92. The zero-order valence-electron chi connectivity index (χ0n) is 20.0. The van der Waals surface area contributed by atoms with Gasteiger partial charge in [-0.2, -0.15) is 14.6 Å². The highest BCUT2D eigenvalue weighted by molar-refractivity contribution is 5.84. The number of aromatic nitrogens is 7. The monoisotopic (exact) mass is 533 g/mol. The molecule has 0 saturated carbocycles. The number of ether oxygens (including phenoxy) is 1. The predicted molar refractivity (Wildman–Crippen MR) is 125 cm³/mol. The van der Waals surface area contributed by atoms with Crippen molar-refractivity contribution in [1.29, 1.82) is 0 Å². The lowest BCUT2D eigenvalue weighted by molar-refractivity contribution is -0.137. The lowest BCUT2D eigenvalue weighted by Gasteiger charge is -2.17. The van der Waals surface area contributed by atoms with Crippen LogP contribution in [0.2, 0.25) is 0 Å². The highest BCUT2D eigenvalue weighted by Gasteiger charge is 2.47. The molecule has 1 aliphatic heterocycles. The van der Waals surface area contributed by atoms with Gasteiger partial charge in [-0.3, -0.25) is 9.36 Å². The molecular weight excluding hydrogens is 511 g/mol.